The molecule has 3 rings (SSSR count). The number of nitrogens with zero attached hydrogens (tertiary/aromatic N) is 1. The monoisotopic (exact) mass is 316 g/mol. The van der Waals surface area contributed by atoms with Gasteiger partial charge in [0, 0.05) is 32.0 Å². The number of piperidine rings is 1. The molecule has 1 saturated heterocycles. The Balaban J connectivity index is 1.55. The first-order valence-corrected chi connectivity index (χ1v) is 8.83. The molecule has 1 amide bonds. The fourth-order valence-corrected chi connectivity index (χ4v) is 3.88. The van der Waals surface area contributed by atoms with E-state index in [0.29, 0.717) is 0 Å². The van der Waals surface area contributed by atoms with Crippen molar-refractivity contribution in [2.45, 2.75) is 58.1 Å². The minimum Gasteiger partial charge on any atom is -0.490 e. The van der Waals surface area contributed by atoms with Gasteiger partial charge in [-0.1, -0.05) is 24.6 Å². The summed E-state index contributed by atoms with van der Waals surface area (Å²) < 4.78 is 6.23. The van der Waals surface area contributed by atoms with Crippen LogP contribution in [0.4, 0.5) is 0 Å². The molecule has 0 radical (unpaired) electrons. The van der Waals surface area contributed by atoms with Gasteiger partial charge in [0.2, 0.25) is 5.91 Å². The number of ether oxygens (including phenoxy) is 1. The van der Waals surface area contributed by atoms with Crippen molar-refractivity contribution < 1.29 is 9.53 Å². The molecule has 1 aromatic carbocycles. The summed E-state index contributed by atoms with van der Waals surface area (Å²) in [5, 5.41) is 0. The van der Waals surface area contributed by atoms with Crippen LogP contribution >= 0.6 is 0 Å². The summed E-state index contributed by atoms with van der Waals surface area (Å²) in [5.41, 5.74) is 8.44. The van der Waals surface area contributed by atoms with Crippen LogP contribution in [0.25, 0.3) is 0 Å². The molecule has 2 aliphatic rings. The number of aryl methyl sites for hydroxylation is 2. The maximum Gasteiger partial charge on any atom is 0.227 e. The van der Waals surface area contributed by atoms with Crippen LogP contribution in [0, 0.1) is 19.8 Å². The van der Waals surface area contributed by atoms with Gasteiger partial charge in [-0.2, -0.15) is 0 Å². The van der Waals surface area contributed by atoms with Crippen LogP contribution in [0.1, 0.15) is 43.2 Å². The van der Waals surface area contributed by atoms with E-state index < -0.39 is 0 Å². The Kier molecular flexibility index (Phi) is 4.90. The lowest BCUT2D eigenvalue weighted by atomic mass is 10.00. The standard InChI is InChI=1S/C19H28N2O2/c1-13-5-3-6-14(2)18(13)23-15-9-11-21(12-10-15)19(22)16-7-4-8-17(16)20/h3,5-6,15-17H,4,7-12,20H2,1-2H3/t16-,17+/m1/s1. The van der Waals surface area contributed by atoms with Crippen molar-refractivity contribution in [3.63, 3.8) is 0 Å². The van der Waals surface area contributed by atoms with Gasteiger partial charge in [0.05, 0.1) is 5.92 Å². The molecule has 2 N–H and O–H groups in total. The van der Waals surface area contributed by atoms with Gasteiger partial charge in [0.25, 0.3) is 0 Å². The van der Waals surface area contributed by atoms with Gasteiger partial charge in [-0.3, -0.25) is 4.79 Å². The molecular weight excluding hydrogens is 288 g/mol. The molecule has 1 aliphatic heterocycles. The summed E-state index contributed by atoms with van der Waals surface area (Å²) in [6, 6.07) is 6.29. The normalized spacial score (nSPS) is 25.6. The summed E-state index contributed by atoms with van der Waals surface area (Å²) in [6.45, 7) is 5.75. The number of carbonyl (C=O) groups excluding carboxylic acids is 1. The van der Waals surface area contributed by atoms with E-state index in [0.717, 1.165) is 50.9 Å². The molecule has 0 unspecified atom stereocenters. The van der Waals surface area contributed by atoms with Crippen LogP contribution in [-0.2, 0) is 4.79 Å². The highest BCUT2D eigenvalue weighted by Gasteiger charge is 2.35. The number of hydrogen-bond acceptors (Lipinski definition) is 3. The largest absolute Gasteiger partial charge is 0.490 e. The molecule has 0 spiro atoms. The van der Waals surface area contributed by atoms with Gasteiger partial charge in [0.1, 0.15) is 11.9 Å². The molecule has 0 aromatic heterocycles. The summed E-state index contributed by atoms with van der Waals surface area (Å²) in [6.07, 6.45) is 5.05. The molecular formula is C19H28N2O2. The molecule has 0 bridgehead atoms. The topological polar surface area (TPSA) is 55.6 Å². The zero-order chi connectivity index (χ0) is 16.4. The predicted molar refractivity (Wildman–Crippen MR) is 91.5 cm³/mol. The average molecular weight is 316 g/mol. The number of benzene rings is 1. The molecule has 4 heteroatoms. The second-order valence-electron chi connectivity index (χ2n) is 7.06. The number of amides is 1. The molecule has 126 valence electrons. The minimum atomic E-state index is 0.0473. The van der Waals surface area contributed by atoms with Crippen molar-refractivity contribution >= 4 is 5.91 Å². The van der Waals surface area contributed by atoms with Gasteiger partial charge in [-0.05, 0) is 37.8 Å². The van der Waals surface area contributed by atoms with E-state index in [1.807, 2.05) is 4.90 Å². The van der Waals surface area contributed by atoms with E-state index in [1.165, 1.54) is 11.1 Å². The third-order valence-corrected chi connectivity index (χ3v) is 5.33. The predicted octanol–water partition coefficient (Wildman–Crippen LogP) is 2.80. The highest BCUT2D eigenvalue weighted by molar-refractivity contribution is 5.80. The van der Waals surface area contributed by atoms with E-state index in [1.54, 1.807) is 0 Å². The van der Waals surface area contributed by atoms with Crippen LogP contribution in [0.3, 0.4) is 0 Å². The fourth-order valence-electron chi connectivity index (χ4n) is 3.88. The summed E-state index contributed by atoms with van der Waals surface area (Å²) >= 11 is 0. The van der Waals surface area contributed by atoms with Gasteiger partial charge >= 0.3 is 0 Å². The molecule has 4 nitrogen and oxygen atoms in total. The lowest BCUT2D eigenvalue weighted by molar-refractivity contribution is -0.137. The van der Waals surface area contributed by atoms with Crippen molar-refractivity contribution in [1.82, 2.24) is 4.90 Å². The highest BCUT2D eigenvalue weighted by Crippen LogP contribution is 2.29. The number of para-hydroxylation sites is 1. The third-order valence-electron chi connectivity index (χ3n) is 5.33. The summed E-state index contributed by atoms with van der Waals surface area (Å²) in [5.74, 6) is 1.32. The number of rotatable bonds is 3. The Labute approximate surface area is 139 Å². The number of likely N-dealkylation sites (tertiary alicyclic amines) is 1. The fraction of sp³-hybridized carbons (Fsp3) is 0.632. The van der Waals surface area contributed by atoms with Crippen LogP contribution in [0.15, 0.2) is 18.2 Å². The lowest BCUT2D eigenvalue weighted by Gasteiger charge is -2.34. The second-order valence-corrected chi connectivity index (χ2v) is 7.06. The van der Waals surface area contributed by atoms with Crippen LogP contribution in [0.5, 0.6) is 5.75 Å². The summed E-state index contributed by atoms with van der Waals surface area (Å²) in [4.78, 5) is 14.6. The first kappa shape index (κ1) is 16.3. The van der Waals surface area contributed by atoms with Gasteiger partial charge in [-0.15, -0.1) is 0 Å². The van der Waals surface area contributed by atoms with Crippen molar-refractivity contribution in [3.8, 4) is 5.75 Å². The van der Waals surface area contributed by atoms with Gasteiger partial charge in [-0.25, -0.2) is 0 Å². The molecule has 1 aliphatic carbocycles. The molecule has 2 atom stereocenters. The van der Waals surface area contributed by atoms with Crippen LogP contribution < -0.4 is 10.5 Å². The molecule has 23 heavy (non-hydrogen) atoms. The third kappa shape index (κ3) is 3.52. The Morgan fingerprint density at radius 2 is 1.78 bits per heavy atom. The van der Waals surface area contributed by atoms with E-state index in [2.05, 4.69) is 32.0 Å². The Morgan fingerprint density at radius 3 is 2.35 bits per heavy atom. The number of hydrogen-bond donors (Lipinski definition) is 1. The van der Waals surface area contributed by atoms with Crippen LogP contribution in [-0.4, -0.2) is 36.0 Å². The maximum atomic E-state index is 12.6. The zero-order valence-corrected chi connectivity index (χ0v) is 14.3. The second kappa shape index (κ2) is 6.91. The maximum absolute atomic E-state index is 12.6. The SMILES string of the molecule is Cc1cccc(C)c1OC1CCN(C(=O)[C@@H]2CCC[C@@H]2N)CC1. The lowest BCUT2D eigenvalue weighted by Crippen LogP contribution is -2.47. The van der Waals surface area contributed by atoms with Crippen molar-refractivity contribution in [3.05, 3.63) is 29.3 Å². The number of carbonyl (C=O) groups is 1. The first-order valence-electron chi connectivity index (χ1n) is 8.83. The van der Waals surface area contributed by atoms with Crippen molar-refractivity contribution in [1.29, 1.82) is 0 Å². The zero-order valence-electron chi connectivity index (χ0n) is 14.3. The summed E-state index contributed by atoms with van der Waals surface area (Å²) in [7, 11) is 0. The van der Waals surface area contributed by atoms with Gasteiger partial charge < -0.3 is 15.4 Å². The van der Waals surface area contributed by atoms with E-state index in [9.17, 15) is 4.79 Å². The van der Waals surface area contributed by atoms with Crippen molar-refractivity contribution in [2.24, 2.45) is 11.7 Å². The van der Waals surface area contributed by atoms with E-state index >= 15 is 0 Å². The Hall–Kier alpha value is -1.55. The molecule has 1 saturated carbocycles. The Morgan fingerprint density at radius 1 is 1.13 bits per heavy atom. The van der Waals surface area contributed by atoms with Gasteiger partial charge in [0.15, 0.2) is 0 Å². The van der Waals surface area contributed by atoms with E-state index in [4.69, 9.17) is 10.5 Å². The Bertz CT molecular complexity index is 544. The van der Waals surface area contributed by atoms with E-state index in [-0.39, 0.29) is 24.0 Å². The quantitative estimate of drug-likeness (QED) is 0.933. The number of nitrogens with two attached hydrogens (primary N) is 1. The highest BCUT2D eigenvalue weighted by atomic mass is 16.5. The minimum absolute atomic E-state index is 0.0473. The molecule has 1 heterocycles. The molecule has 1 aromatic rings. The van der Waals surface area contributed by atoms with Crippen LogP contribution in [0.2, 0.25) is 0 Å². The first-order chi connectivity index (χ1) is 11.1. The van der Waals surface area contributed by atoms with Crippen molar-refractivity contribution in [2.75, 3.05) is 13.1 Å². The molecule has 2 fully saturated rings. The average Bonchev–Trinajstić information content (AvgIpc) is 2.97. The smallest absolute Gasteiger partial charge is 0.227 e.